The maximum absolute atomic E-state index is 13.6. The van der Waals surface area contributed by atoms with Crippen LogP contribution < -0.4 is 5.32 Å². The lowest BCUT2D eigenvalue weighted by Crippen LogP contribution is -2.21. The van der Waals surface area contributed by atoms with Gasteiger partial charge in [-0.15, -0.1) is 0 Å². The van der Waals surface area contributed by atoms with Gasteiger partial charge in [-0.05, 0) is 24.3 Å². The zero-order valence-corrected chi connectivity index (χ0v) is 12.8. The lowest BCUT2D eigenvalue weighted by atomic mass is 10.2. The molecule has 2 heterocycles. The van der Waals surface area contributed by atoms with Crippen molar-refractivity contribution >= 4 is 11.6 Å². The smallest absolute Gasteiger partial charge is 0.319 e. The van der Waals surface area contributed by atoms with Crippen molar-refractivity contribution in [2.24, 2.45) is 0 Å². The van der Waals surface area contributed by atoms with E-state index < -0.39 is 40.7 Å². The van der Waals surface area contributed by atoms with Gasteiger partial charge in [-0.2, -0.15) is 18.3 Å². The van der Waals surface area contributed by atoms with Crippen LogP contribution in [0, 0.1) is 11.6 Å². The van der Waals surface area contributed by atoms with E-state index in [9.17, 15) is 26.7 Å². The second-order valence-corrected chi connectivity index (χ2v) is 5.08. The largest absolute Gasteiger partial charge is 0.434 e. The number of pyridine rings is 1. The van der Waals surface area contributed by atoms with Crippen molar-refractivity contribution in [1.29, 1.82) is 0 Å². The molecule has 1 amide bonds. The number of halogens is 5. The van der Waals surface area contributed by atoms with Crippen LogP contribution >= 0.6 is 0 Å². The average molecular weight is 368 g/mol. The highest BCUT2D eigenvalue weighted by molar-refractivity contribution is 6.05. The van der Waals surface area contributed by atoms with Gasteiger partial charge in [-0.1, -0.05) is 6.07 Å². The van der Waals surface area contributed by atoms with E-state index in [0.717, 1.165) is 12.1 Å². The number of alkyl halides is 3. The molecule has 0 spiro atoms. The number of anilines is 1. The fourth-order valence-electron chi connectivity index (χ4n) is 2.22. The first-order chi connectivity index (χ1) is 12.3. The maximum atomic E-state index is 13.6. The fourth-order valence-corrected chi connectivity index (χ4v) is 2.22. The van der Waals surface area contributed by atoms with Gasteiger partial charge in [-0.3, -0.25) is 4.79 Å². The molecule has 0 fully saturated rings. The number of nitrogens with zero attached hydrogens (tertiary/aromatic N) is 3. The van der Waals surface area contributed by atoms with Crippen LogP contribution in [0.3, 0.4) is 0 Å². The van der Waals surface area contributed by atoms with Crippen molar-refractivity contribution in [3.63, 3.8) is 0 Å². The van der Waals surface area contributed by atoms with E-state index in [1.54, 1.807) is 0 Å². The van der Waals surface area contributed by atoms with E-state index in [-0.39, 0.29) is 5.82 Å². The van der Waals surface area contributed by atoms with Crippen LogP contribution in [0.15, 0.2) is 48.8 Å². The molecule has 3 rings (SSSR count). The maximum Gasteiger partial charge on any atom is 0.434 e. The average Bonchev–Trinajstić information content (AvgIpc) is 3.04. The van der Waals surface area contributed by atoms with Crippen LogP contribution in [-0.4, -0.2) is 20.7 Å². The molecule has 0 unspecified atom stereocenters. The number of hydrogen-bond donors (Lipinski definition) is 1. The molecule has 3 aromatic rings. The molecular formula is C16H9F5N4O. The molecule has 0 bridgehead atoms. The topological polar surface area (TPSA) is 59.8 Å². The van der Waals surface area contributed by atoms with Crippen LogP contribution in [0.25, 0.3) is 5.82 Å². The van der Waals surface area contributed by atoms with Crippen LogP contribution in [0.2, 0.25) is 0 Å². The second-order valence-electron chi connectivity index (χ2n) is 5.08. The molecule has 0 aliphatic rings. The van der Waals surface area contributed by atoms with E-state index in [1.807, 2.05) is 5.32 Å². The highest BCUT2D eigenvalue weighted by Gasteiger charge is 2.41. The molecule has 5 nitrogen and oxygen atoms in total. The molecule has 134 valence electrons. The molecule has 2 aromatic heterocycles. The number of hydrogen-bond acceptors (Lipinski definition) is 3. The van der Waals surface area contributed by atoms with Crippen LogP contribution in [-0.2, 0) is 6.18 Å². The summed E-state index contributed by atoms with van der Waals surface area (Å²) in [6.45, 7) is 0. The number of carbonyl (C=O) groups is 1. The summed E-state index contributed by atoms with van der Waals surface area (Å²) in [7, 11) is 0. The minimum absolute atomic E-state index is 0.146. The first-order valence-corrected chi connectivity index (χ1v) is 7.10. The minimum Gasteiger partial charge on any atom is -0.319 e. The summed E-state index contributed by atoms with van der Waals surface area (Å²) in [5, 5.41) is 5.55. The number of amides is 1. The standard InChI is InChI=1S/C16H9F5N4O/c17-9-4-5-12(11(18)7-9)24-15(26)10-8-23-25(14(10)16(19,20)21)13-3-1-2-6-22-13/h1-8H,(H,24,26). The molecule has 0 aliphatic carbocycles. The Balaban J connectivity index is 2.02. The predicted octanol–water partition coefficient (Wildman–Crippen LogP) is 3.82. The second kappa shape index (κ2) is 6.54. The highest BCUT2D eigenvalue weighted by atomic mass is 19.4. The molecule has 0 atom stereocenters. The molecule has 0 radical (unpaired) electrons. The van der Waals surface area contributed by atoms with E-state index in [0.29, 0.717) is 16.9 Å². The van der Waals surface area contributed by atoms with E-state index >= 15 is 0 Å². The first-order valence-electron chi connectivity index (χ1n) is 7.10. The third-order valence-corrected chi connectivity index (χ3v) is 3.33. The number of aromatic nitrogens is 3. The molecular weight excluding hydrogens is 359 g/mol. The van der Waals surface area contributed by atoms with E-state index in [4.69, 9.17) is 0 Å². The van der Waals surface area contributed by atoms with Gasteiger partial charge in [-0.25, -0.2) is 18.4 Å². The van der Waals surface area contributed by atoms with Gasteiger partial charge >= 0.3 is 6.18 Å². The Morgan fingerprint density at radius 2 is 1.88 bits per heavy atom. The number of rotatable bonds is 3. The Bertz CT molecular complexity index is 953. The summed E-state index contributed by atoms with van der Waals surface area (Å²) in [5.41, 5.74) is -2.65. The third-order valence-electron chi connectivity index (χ3n) is 3.33. The minimum atomic E-state index is -4.93. The fraction of sp³-hybridized carbons (Fsp3) is 0.0625. The van der Waals surface area contributed by atoms with Crippen molar-refractivity contribution in [1.82, 2.24) is 14.8 Å². The SMILES string of the molecule is O=C(Nc1ccc(F)cc1F)c1cnn(-c2ccccn2)c1C(F)(F)F. The molecule has 26 heavy (non-hydrogen) atoms. The summed E-state index contributed by atoms with van der Waals surface area (Å²) in [4.78, 5) is 16.0. The van der Waals surface area contributed by atoms with Crippen molar-refractivity contribution in [2.75, 3.05) is 5.32 Å². The van der Waals surface area contributed by atoms with Crippen LogP contribution in [0.4, 0.5) is 27.6 Å². The van der Waals surface area contributed by atoms with Crippen molar-refractivity contribution < 1.29 is 26.7 Å². The number of nitrogens with one attached hydrogen (secondary N) is 1. The lowest BCUT2D eigenvalue weighted by molar-refractivity contribution is -0.143. The molecule has 0 aliphatic heterocycles. The molecule has 0 saturated heterocycles. The monoisotopic (exact) mass is 368 g/mol. The summed E-state index contributed by atoms with van der Waals surface area (Å²) < 4.78 is 67.4. The Labute approximate surface area is 143 Å². The molecule has 0 saturated carbocycles. The van der Waals surface area contributed by atoms with Crippen LogP contribution in [0.1, 0.15) is 16.1 Å². The summed E-state index contributed by atoms with van der Waals surface area (Å²) in [6.07, 6.45) is -2.96. The summed E-state index contributed by atoms with van der Waals surface area (Å²) in [6, 6.07) is 6.50. The lowest BCUT2D eigenvalue weighted by Gasteiger charge is -2.12. The Kier molecular flexibility index (Phi) is 4.41. The number of benzene rings is 1. The zero-order valence-electron chi connectivity index (χ0n) is 12.8. The van der Waals surface area contributed by atoms with Gasteiger partial charge in [0.1, 0.15) is 11.6 Å². The quantitative estimate of drug-likeness (QED) is 0.715. The van der Waals surface area contributed by atoms with Gasteiger partial charge in [0.05, 0.1) is 17.4 Å². The van der Waals surface area contributed by atoms with Crippen molar-refractivity contribution in [3.05, 3.63) is 71.7 Å². The highest BCUT2D eigenvalue weighted by Crippen LogP contribution is 2.33. The van der Waals surface area contributed by atoms with Gasteiger partial charge in [0.25, 0.3) is 5.91 Å². The van der Waals surface area contributed by atoms with Gasteiger partial charge in [0, 0.05) is 12.3 Å². The Morgan fingerprint density at radius 3 is 2.50 bits per heavy atom. The Hall–Kier alpha value is -3.30. The summed E-state index contributed by atoms with van der Waals surface area (Å²) in [5.74, 6) is -3.40. The molecule has 1 N–H and O–H groups in total. The molecule has 10 heteroatoms. The van der Waals surface area contributed by atoms with Crippen molar-refractivity contribution in [2.45, 2.75) is 6.18 Å². The Morgan fingerprint density at radius 1 is 1.12 bits per heavy atom. The van der Waals surface area contributed by atoms with Crippen LogP contribution in [0.5, 0.6) is 0 Å². The summed E-state index contributed by atoms with van der Waals surface area (Å²) >= 11 is 0. The third kappa shape index (κ3) is 3.39. The van der Waals surface area contributed by atoms with Gasteiger partial charge in [0.15, 0.2) is 11.5 Å². The van der Waals surface area contributed by atoms with E-state index in [2.05, 4.69) is 10.1 Å². The first kappa shape index (κ1) is 17.5. The van der Waals surface area contributed by atoms with E-state index in [1.165, 1.54) is 24.4 Å². The van der Waals surface area contributed by atoms with Crippen molar-refractivity contribution in [3.8, 4) is 5.82 Å². The predicted molar refractivity (Wildman–Crippen MR) is 80.7 cm³/mol. The number of carbonyl (C=O) groups excluding carboxylic acids is 1. The normalized spacial score (nSPS) is 11.4. The van der Waals surface area contributed by atoms with Gasteiger partial charge < -0.3 is 5.32 Å². The van der Waals surface area contributed by atoms with Gasteiger partial charge in [0.2, 0.25) is 0 Å². The zero-order chi connectivity index (χ0) is 18.9. The molecule has 1 aromatic carbocycles.